The normalized spacial score (nSPS) is 10.8. The SMILES string of the molecule is CCCc1nnc(NC(=O)Cc2ccc3cc(N)ccc3n2)s1. The average molecular weight is 327 g/mol. The Morgan fingerprint density at radius 3 is 2.96 bits per heavy atom. The van der Waals surface area contributed by atoms with Gasteiger partial charge in [0.2, 0.25) is 11.0 Å². The van der Waals surface area contributed by atoms with E-state index in [-0.39, 0.29) is 12.3 Å². The number of benzene rings is 1. The molecule has 0 bridgehead atoms. The van der Waals surface area contributed by atoms with Gasteiger partial charge in [0.05, 0.1) is 17.6 Å². The van der Waals surface area contributed by atoms with Crippen molar-refractivity contribution in [2.24, 2.45) is 0 Å². The molecule has 23 heavy (non-hydrogen) atoms. The van der Waals surface area contributed by atoms with Crippen molar-refractivity contribution in [1.82, 2.24) is 15.2 Å². The van der Waals surface area contributed by atoms with Gasteiger partial charge in [0.25, 0.3) is 0 Å². The first kappa shape index (κ1) is 15.4. The van der Waals surface area contributed by atoms with Crippen molar-refractivity contribution in [3.8, 4) is 0 Å². The molecule has 7 heteroatoms. The number of carbonyl (C=O) groups excluding carboxylic acids is 1. The van der Waals surface area contributed by atoms with Crippen molar-refractivity contribution in [3.05, 3.63) is 41.0 Å². The number of nitrogens with zero attached hydrogens (tertiary/aromatic N) is 3. The maximum Gasteiger partial charge on any atom is 0.232 e. The number of fused-ring (bicyclic) bond motifs is 1. The predicted octanol–water partition coefficient (Wildman–Crippen LogP) is 2.80. The average Bonchev–Trinajstić information content (AvgIpc) is 2.95. The van der Waals surface area contributed by atoms with Gasteiger partial charge in [-0.3, -0.25) is 9.78 Å². The molecule has 0 aliphatic rings. The van der Waals surface area contributed by atoms with E-state index in [1.807, 2.05) is 24.3 Å². The second kappa shape index (κ2) is 6.70. The third-order valence-electron chi connectivity index (χ3n) is 3.29. The van der Waals surface area contributed by atoms with Crippen LogP contribution in [0.3, 0.4) is 0 Å². The van der Waals surface area contributed by atoms with Gasteiger partial charge in [-0.2, -0.15) is 0 Å². The molecule has 0 unspecified atom stereocenters. The fraction of sp³-hybridized carbons (Fsp3) is 0.250. The first-order valence-electron chi connectivity index (χ1n) is 7.41. The number of pyridine rings is 1. The number of carbonyl (C=O) groups is 1. The van der Waals surface area contributed by atoms with E-state index in [1.54, 1.807) is 6.07 Å². The van der Waals surface area contributed by atoms with Gasteiger partial charge < -0.3 is 11.1 Å². The van der Waals surface area contributed by atoms with Gasteiger partial charge in [-0.1, -0.05) is 24.3 Å². The van der Waals surface area contributed by atoms with Crippen molar-refractivity contribution in [2.45, 2.75) is 26.2 Å². The number of rotatable bonds is 5. The number of nitrogens with two attached hydrogens (primary N) is 1. The molecule has 2 aromatic heterocycles. The number of amides is 1. The smallest absolute Gasteiger partial charge is 0.232 e. The maximum absolute atomic E-state index is 12.1. The molecule has 3 N–H and O–H groups in total. The van der Waals surface area contributed by atoms with E-state index in [1.165, 1.54) is 11.3 Å². The second-order valence-electron chi connectivity index (χ2n) is 5.23. The molecule has 2 heterocycles. The molecule has 0 fully saturated rings. The molecule has 1 aromatic carbocycles. The Morgan fingerprint density at radius 1 is 1.26 bits per heavy atom. The topological polar surface area (TPSA) is 93.8 Å². The minimum Gasteiger partial charge on any atom is -0.399 e. The molecule has 1 amide bonds. The van der Waals surface area contributed by atoms with Crippen LogP contribution in [-0.4, -0.2) is 21.1 Å². The summed E-state index contributed by atoms with van der Waals surface area (Å²) in [4.78, 5) is 16.6. The zero-order valence-corrected chi connectivity index (χ0v) is 13.6. The molecule has 0 radical (unpaired) electrons. The molecule has 0 atom stereocenters. The van der Waals surface area contributed by atoms with E-state index in [0.29, 0.717) is 16.5 Å². The highest BCUT2D eigenvalue weighted by Gasteiger charge is 2.10. The summed E-state index contributed by atoms with van der Waals surface area (Å²) >= 11 is 1.41. The highest BCUT2D eigenvalue weighted by atomic mass is 32.1. The molecule has 0 saturated heterocycles. The molecule has 0 spiro atoms. The molecule has 118 valence electrons. The van der Waals surface area contributed by atoms with Crippen molar-refractivity contribution < 1.29 is 4.79 Å². The van der Waals surface area contributed by atoms with E-state index in [4.69, 9.17) is 5.73 Å². The largest absolute Gasteiger partial charge is 0.399 e. The molecule has 0 aliphatic heterocycles. The molecule has 0 aliphatic carbocycles. The monoisotopic (exact) mass is 327 g/mol. The Labute approximate surface area is 137 Å². The Morgan fingerprint density at radius 2 is 2.13 bits per heavy atom. The number of nitrogens with one attached hydrogen (secondary N) is 1. The third kappa shape index (κ3) is 3.81. The summed E-state index contributed by atoms with van der Waals surface area (Å²) in [6, 6.07) is 9.28. The number of aryl methyl sites for hydroxylation is 1. The summed E-state index contributed by atoms with van der Waals surface area (Å²) in [5, 5.41) is 13.2. The highest BCUT2D eigenvalue weighted by molar-refractivity contribution is 7.15. The molecule has 6 nitrogen and oxygen atoms in total. The van der Waals surface area contributed by atoms with Crippen LogP contribution < -0.4 is 11.1 Å². The predicted molar refractivity (Wildman–Crippen MR) is 92.4 cm³/mol. The Hall–Kier alpha value is -2.54. The molecule has 3 aromatic rings. The lowest BCUT2D eigenvalue weighted by Crippen LogP contribution is -2.15. The van der Waals surface area contributed by atoms with Crippen LogP contribution in [0, 0.1) is 0 Å². The summed E-state index contributed by atoms with van der Waals surface area (Å²) in [5.74, 6) is -0.147. The van der Waals surface area contributed by atoms with Gasteiger partial charge in [0.1, 0.15) is 5.01 Å². The van der Waals surface area contributed by atoms with Crippen LogP contribution in [0.15, 0.2) is 30.3 Å². The van der Waals surface area contributed by atoms with Crippen LogP contribution in [0.25, 0.3) is 10.9 Å². The lowest BCUT2D eigenvalue weighted by molar-refractivity contribution is -0.115. The molecule has 3 rings (SSSR count). The van der Waals surface area contributed by atoms with E-state index in [0.717, 1.165) is 28.8 Å². The molecular formula is C16H17N5OS. The quantitative estimate of drug-likeness (QED) is 0.703. The zero-order chi connectivity index (χ0) is 16.2. The first-order chi connectivity index (χ1) is 11.1. The third-order valence-corrected chi connectivity index (χ3v) is 4.19. The minimum absolute atomic E-state index is 0.147. The van der Waals surface area contributed by atoms with Crippen molar-refractivity contribution in [3.63, 3.8) is 0 Å². The number of aromatic nitrogens is 3. The molecule has 0 saturated carbocycles. The van der Waals surface area contributed by atoms with Gasteiger partial charge in [-0.25, -0.2) is 0 Å². The van der Waals surface area contributed by atoms with E-state index >= 15 is 0 Å². The summed E-state index contributed by atoms with van der Waals surface area (Å²) in [6.45, 7) is 2.08. The van der Waals surface area contributed by atoms with E-state index < -0.39 is 0 Å². The first-order valence-corrected chi connectivity index (χ1v) is 8.23. The highest BCUT2D eigenvalue weighted by Crippen LogP contribution is 2.18. The maximum atomic E-state index is 12.1. The van der Waals surface area contributed by atoms with Gasteiger partial charge in [-0.15, -0.1) is 10.2 Å². The zero-order valence-electron chi connectivity index (χ0n) is 12.7. The summed E-state index contributed by atoms with van der Waals surface area (Å²) in [5.41, 5.74) is 7.98. The van der Waals surface area contributed by atoms with Gasteiger partial charge in [-0.05, 0) is 30.7 Å². The van der Waals surface area contributed by atoms with Crippen molar-refractivity contribution in [2.75, 3.05) is 11.1 Å². The number of hydrogen-bond acceptors (Lipinski definition) is 6. The van der Waals surface area contributed by atoms with Crippen LogP contribution in [0.2, 0.25) is 0 Å². The molecular weight excluding hydrogens is 310 g/mol. The van der Waals surface area contributed by atoms with Crippen LogP contribution in [0.4, 0.5) is 10.8 Å². The number of hydrogen-bond donors (Lipinski definition) is 2. The Kier molecular flexibility index (Phi) is 4.47. The minimum atomic E-state index is -0.147. The number of anilines is 2. The fourth-order valence-electron chi connectivity index (χ4n) is 2.23. The lowest BCUT2D eigenvalue weighted by atomic mass is 10.1. The summed E-state index contributed by atoms with van der Waals surface area (Å²) < 4.78 is 0. The summed E-state index contributed by atoms with van der Waals surface area (Å²) in [6.07, 6.45) is 2.08. The van der Waals surface area contributed by atoms with Gasteiger partial charge >= 0.3 is 0 Å². The van der Waals surface area contributed by atoms with Crippen LogP contribution in [0.1, 0.15) is 24.0 Å². The van der Waals surface area contributed by atoms with Crippen LogP contribution >= 0.6 is 11.3 Å². The number of nitrogen functional groups attached to an aromatic ring is 1. The Balaban J connectivity index is 1.68. The van der Waals surface area contributed by atoms with Crippen molar-refractivity contribution >= 4 is 39.0 Å². The van der Waals surface area contributed by atoms with Crippen molar-refractivity contribution in [1.29, 1.82) is 0 Å². The Bertz CT molecular complexity index is 845. The van der Waals surface area contributed by atoms with Crippen LogP contribution in [-0.2, 0) is 17.6 Å². The summed E-state index contributed by atoms with van der Waals surface area (Å²) in [7, 11) is 0. The fourth-order valence-corrected chi connectivity index (χ4v) is 3.09. The van der Waals surface area contributed by atoms with E-state index in [2.05, 4.69) is 27.4 Å². The lowest BCUT2D eigenvalue weighted by Gasteiger charge is -2.04. The standard InChI is InChI=1S/C16H17N5OS/c1-2-3-15-20-21-16(23-15)19-14(22)9-12-6-4-10-8-11(17)5-7-13(10)18-12/h4-8H,2-3,9,17H2,1H3,(H,19,21,22). The second-order valence-corrected chi connectivity index (χ2v) is 6.29. The van der Waals surface area contributed by atoms with Gasteiger partial charge in [0.15, 0.2) is 0 Å². The van der Waals surface area contributed by atoms with E-state index in [9.17, 15) is 4.79 Å². The van der Waals surface area contributed by atoms with Crippen LogP contribution in [0.5, 0.6) is 0 Å². The van der Waals surface area contributed by atoms with Gasteiger partial charge in [0, 0.05) is 17.5 Å².